The van der Waals surface area contributed by atoms with E-state index >= 15 is 0 Å². The molecular formula is C51H82N2O2S. The van der Waals surface area contributed by atoms with E-state index in [0.29, 0.717) is 34.8 Å². The van der Waals surface area contributed by atoms with Crippen LogP contribution < -0.4 is 10.0 Å². The van der Waals surface area contributed by atoms with Gasteiger partial charge in [-0.05, 0) is 111 Å². The highest BCUT2D eigenvalue weighted by Crippen LogP contribution is 2.52. The number of unbranched alkanes of at least 4 members (excludes halogenated alkanes) is 4. The summed E-state index contributed by atoms with van der Waals surface area (Å²) in [5.41, 5.74) is 9.31. The van der Waals surface area contributed by atoms with Crippen LogP contribution in [-0.4, -0.2) is 42.2 Å². The summed E-state index contributed by atoms with van der Waals surface area (Å²) in [5.74, 6) is 2.84. The normalized spacial score (nSPS) is 20.1. The third-order valence-corrected chi connectivity index (χ3v) is 15.8. The summed E-state index contributed by atoms with van der Waals surface area (Å²) < 4.78 is 2.78. The van der Waals surface area contributed by atoms with E-state index in [1.54, 1.807) is 0 Å². The second-order valence-electron chi connectivity index (χ2n) is 18.3. The van der Waals surface area contributed by atoms with Crippen molar-refractivity contribution >= 4 is 33.4 Å². The van der Waals surface area contributed by atoms with Gasteiger partial charge in [-0.1, -0.05) is 125 Å². The number of anilines is 1. The standard InChI is InChI=1S/C51H82N2O2S/c1-9-17-23-36(13-5)32-52(33-37(14-6)24-18-10-2)45-31-44(40-27-21-28-41(40)45)46-48(54)47(49(46)55)50-42-29-22-30-43(42)51(56-50)53(34-38(15-7)25-19-11-3)35-39(16-8)26-20-12-4/h36-39H,9-35H2,1-8H3. The Kier molecular flexibility index (Phi) is 17.9. The van der Waals surface area contributed by atoms with E-state index < -0.39 is 0 Å². The molecule has 0 saturated heterocycles. The van der Waals surface area contributed by atoms with Crippen molar-refractivity contribution in [2.45, 2.75) is 203 Å². The van der Waals surface area contributed by atoms with Crippen LogP contribution in [-0.2, 0) is 17.6 Å². The number of carbonyl (C=O) groups excluding carboxylic acids is 1. The molecular weight excluding hydrogens is 705 g/mol. The van der Waals surface area contributed by atoms with Gasteiger partial charge in [0.05, 0.1) is 11.4 Å². The molecule has 1 heterocycles. The smallest absolute Gasteiger partial charge is 0.193 e. The van der Waals surface area contributed by atoms with Crippen LogP contribution >= 0.6 is 11.3 Å². The Morgan fingerprint density at radius 3 is 1.59 bits per heavy atom. The average molecular weight is 787 g/mol. The molecule has 4 aliphatic rings. The molecule has 0 bridgehead atoms. The van der Waals surface area contributed by atoms with Crippen molar-refractivity contribution in [2.24, 2.45) is 23.7 Å². The molecule has 0 saturated carbocycles. The number of thiophene rings is 1. The van der Waals surface area contributed by atoms with E-state index in [9.17, 15) is 9.90 Å². The molecule has 56 heavy (non-hydrogen) atoms. The number of ketones is 1. The maximum Gasteiger partial charge on any atom is 0.193 e. The van der Waals surface area contributed by atoms with Crippen LogP contribution in [0.15, 0.2) is 28.1 Å². The molecule has 4 unspecified atom stereocenters. The molecule has 5 rings (SSSR count). The average Bonchev–Trinajstić information content (AvgIpc) is 4.02. The summed E-state index contributed by atoms with van der Waals surface area (Å²) >= 11 is 1.81. The highest BCUT2D eigenvalue weighted by atomic mass is 32.1. The van der Waals surface area contributed by atoms with Crippen molar-refractivity contribution in [3.8, 4) is 0 Å². The summed E-state index contributed by atoms with van der Waals surface area (Å²) in [4.78, 5) is 18.4. The first-order valence-electron chi connectivity index (χ1n) is 24.2. The van der Waals surface area contributed by atoms with Gasteiger partial charge in [0, 0.05) is 46.5 Å². The van der Waals surface area contributed by atoms with Crippen molar-refractivity contribution in [3.05, 3.63) is 44.1 Å². The summed E-state index contributed by atoms with van der Waals surface area (Å²) in [5, 5.41) is 16.0. The Labute approximate surface area is 348 Å². The first kappa shape index (κ1) is 45.0. The van der Waals surface area contributed by atoms with Crippen LogP contribution in [0.1, 0.15) is 206 Å². The van der Waals surface area contributed by atoms with Gasteiger partial charge in [-0.15, -0.1) is 11.3 Å². The highest BCUT2D eigenvalue weighted by Gasteiger charge is 2.43. The molecule has 1 aromatic heterocycles. The fourth-order valence-corrected chi connectivity index (χ4v) is 12.0. The van der Waals surface area contributed by atoms with Crippen LogP contribution in [0, 0.1) is 23.7 Å². The van der Waals surface area contributed by atoms with Gasteiger partial charge in [-0.2, -0.15) is 0 Å². The number of carbonyl (C=O) groups is 1. The van der Waals surface area contributed by atoms with E-state index in [1.807, 2.05) is 11.3 Å². The lowest BCUT2D eigenvalue weighted by Crippen LogP contribution is -2.34. The second kappa shape index (κ2) is 22.3. The third kappa shape index (κ3) is 10.3. The fourth-order valence-electron chi connectivity index (χ4n) is 10.6. The summed E-state index contributed by atoms with van der Waals surface area (Å²) in [6.45, 7) is 23.2. The van der Waals surface area contributed by atoms with Gasteiger partial charge < -0.3 is 10.0 Å². The quantitative estimate of drug-likeness (QED) is 0.0694. The van der Waals surface area contributed by atoms with Gasteiger partial charge in [0.1, 0.15) is 13.1 Å². The van der Waals surface area contributed by atoms with E-state index in [4.69, 9.17) is 0 Å². The summed E-state index contributed by atoms with van der Waals surface area (Å²) in [6.07, 6.45) is 27.4. The minimum atomic E-state index is 0.0538. The summed E-state index contributed by atoms with van der Waals surface area (Å²) in [6, 6.07) is 0. The monoisotopic (exact) mass is 787 g/mol. The van der Waals surface area contributed by atoms with Gasteiger partial charge in [-0.25, -0.2) is 4.58 Å². The van der Waals surface area contributed by atoms with E-state index in [2.05, 4.69) is 64.9 Å². The maximum absolute atomic E-state index is 14.6. The SMILES string of the molecule is CCCCC(CC)CN(CC(CC)CCCC)c1sc(C2=C([O-])/C(=C3/CC(=[N+](CC(CC)CCCC)CC(CC)CCCC)C4=C3CCC4)C2=O)c2c1CCC2. The van der Waals surface area contributed by atoms with Crippen molar-refractivity contribution in [2.75, 3.05) is 31.1 Å². The molecule has 1 aromatic rings. The molecule has 0 aromatic carbocycles. The second-order valence-corrected chi connectivity index (χ2v) is 19.3. The molecule has 0 aliphatic heterocycles. The topological polar surface area (TPSA) is 46.4 Å². The first-order chi connectivity index (χ1) is 27.3. The molecule has 0 fully saturated rings. The molecule has 4 aliphatic carbocycles. The Balaban J connectivity index is 1.53. The number of Topliss-reactive ketones (excluding diaryl/α,β-unsaturated/α-hetero) is 1. The zero-order valence-electron chi connectivity index (χ0n) is 37.5. The van der Waals surface area contributed by atoms with Gasteiger partial charge in [0.15, 0.2) is 11.5 Å². The van der Waals surface area contributed by atoms with Gasteiger partial charge in [0.25, 0.3) is 0 Å². The predicted octanol–water partition coefficient (Wildman–Crippen LogP) is 13.2. The zero-order chi connectivity index (χ0) is 40.2. The van der Waals surface area contributed by atoms with E-state index in [-0.39, 0.29) is 11.5 Å². The predicted molar refractivity (Wildman–Crippen MR) is 241 cm³/mol. The molecule has 4 atom stereocenters. The van der Waals surface area contributed by atoms with Crippen LogP contribution in [0.5, 0.6) is 0 Å². The highest BCUT2D eigenvalue weighted by molar-refractivity contribution is 7.18. The lowest BCUT2D eigenvalue weighted by Gasteiger charge is -2.33. The van der Waals surface area contributed by atoms with Crippen molar-refractivity contribution in [1.82, 2.24) is 0 Å². The lowest BCUT2D eigenvalue weighted by atomic mass is 9.80. The van der Waals surface area contributed by atoms with Gasteiger partial charge in [0.2, 0.25) is 0 Å². The number of rotatable bonds is 26. The minimum Gasteiger partial charge on any atom is -0.871 e. The van der Waals surface area contributed by atoms with E-state index in [1.165, 1.54) is 136 Å². The molecule has 5 heteroatoms. The van der Waals surface area contributed by atoms with Crippen molar-refractivity contribution < 1.29 is 14.5 Å². The number of hydrogen-bond acceptors (Lipinski definition) is 4. The maximum atomic E-state index is 14.6. The van der Waals surface area contributed by atoms with Crippen LogP contribution in [0.25, 0.3) is 5.57 Å². The third-order valence-electron chi connectivity index (χ3n) is 14.4. The van der Waals surface area contributed by atoms with Gasteiger partial charge >= 0.3 is 0 Å². The molecule has 0 spiro atoms. The zero-order valence-corrected chi connectivity index (χ0v) is 38.3. The molecule has 314 valence electrons. The Bertz CT molecular complexity index is 1550. The first-order valence-corrected chi connectivity index (χ1v) is 25.0. The number of hydrogen-bond donors (Lipinski definition) is 0. The molecule has 0 radical (unpaired) electrons. The van der Waals surface area contributed by atoms with E-state index in [0.717, 1.165) is 81.6 Å². The lowest BCUT2D eigenvalue weighted by molar-refractivity contribution is -0.543. The van der Waals surface area contributed by atoms with Crippen LogP contribution in [0.2, 0.25) is 0 Å². The van der Waals surface area contributed by atoms with Crippen molar-refractivity contribution in [3.63, 3.8) is 0 Å². The Morgan fingerprint density at radius 2 is 1.09 bits per heavy atom. The Morgan fingerprint density at radius 1 is 0.607 bits per heavy atom. The number of allylic oxidation sites excluding steroid dienone is 5. The summed E-state index contributed by atoms with van der Waals surface area (Å²) in [7, 11) is 0. The largest absolute Gasteiger partial charge is 0.871 e. The number of fused-ring (bicyclic) bond motifs is 1. The van der Waals surface area contributed by atoms with Gasteiger partial charge in [-0.3, -0.25) is 4.79 Å². The van der Waals surface area contributed by atoms with Crippen LogP contribution in [0.4, 0.5) is 5.00 Å². The minimum absolute atomic E-state index is 0.0538. The Hall–Kier alpha value is -2.14. The van der Waals surface area contributed by atoms with Crippen molar-refractivity contribution in [1.29, 1.82) is 0 Å². The molecule has 0 N–H and O–H groups in total. The number of nitrogens with zero attached hydrogens (tertiary/aromatic N) is 2. The van der Waals surface area contributed by atoms with Crippen LogP contribution in [0.3, 0.4) is 0 Å². The molecule has 0 amide bonds. The fraction of sp³-hybridized carbons (Fsp3) is 0.765. The molecule has 4 nitrogen and oxygen atoms in total.